The number of halogens is 1. The van der Waals surface area contributed by atoms with Crippen LogP contribution in [-0.4, -0.2) is 32.5 Å². The average molecular weight is 433 g/mol. The molecular formula is C23H16FN3O3S. The SMILES string of the molecule is CC[C@@H](c1csc(C(=O)c2c[nH]c3cc(F)ccc23)n1)N1C(=O)c2ccccc2C1=O. The number of hydrogen-bond acceptors (Lipinski definition) is 5. The first-order valence-corrected chi connectivity index (χ1v) is 10.6. The number of nitrogens with one attached hydrogen (secondary N) is 1. The van der Waals surface area contributed by atoms with Crippen molar-refractivity contribution in [3.05, 3.63) is 87.3 Å². The summed E-state index contributed by atoms with van der Waals surface area (Å²) in [4.78, 5) is 47.4. The number of carbonyl (C=O) groups excluding carboxylic acids is 3. The van der Waals surface area contributed by atoms with Gasteiger partial charge in [-0.1, -0.05) is 19.1 Å². The number of nitrogens with zero attached hydrogens (tertiary/aromatic N) is 2. The number of aromatic nitrogens is 2. The topological polar surface area (TPSA) is 83.1 Å². The molecule has 0 bridgehead atoms. The maximum atomic E-state index is 13.4. The summed E-state index contributed by atoms with van der Waals surface area (Å²) in [7, 11) is 0. The van der Waals surface area contributed by atoms with E-state index in [1.807, 2.05) is 6.92 Å². The molecule has 2 aromatic heterocycles. The maximum absolute atomic E-state index is 13.4. The van der Waals surface area contributed by atoms with Gasteiger partial charge in [0.05, 0.1) is 28.4 Å². The van der Waals surface area contributed by atoms with Crippen LogP contribution in [0, 0.1) is 5.82 Å². The van der Waals surface area contributed by atoms with Crippen molar-refractivity contribution in [2.24, 2.45) is 0 Å². The van der Waals surface area contributed by atoms with E-state index in [4.69, 9.17) is 0 Å². The van der Waals surface area contributed by atoms with Crippen molar-refractivity contribution >= 4 is 39.8 Å². The molecule has 6 nitrogen and oxygen atoms in total. The molecule has 8 heteroatoms. The first-order chi connectivity index (χ1) is 15.0. The number of ketones is 1. The monoisotopic (exact) mass is 433 g/mol. The minimum Gasteiger partial charge on any atom is -0.360 e. The lowest BCUT2D eigenvalue weighted by atomic mass is 10.1. The zero-order valence-electron chi connectivity index (χ0n) is 16.4. The second-order valence-corrected chi connectivity index (χ2v) is 8.11. The number of imide groups is 1. The van der Waals surface area contributed by atoms with E-state index in [-0.39, 0.29) is 22.6 Å². The van der Waals surface area contributed by atoms with Gasteiger partial charge in [0.25, 0.3) is 11.8 Å². The van der Waals surface area contributed by atoms with Crippen molar-refractivity contribution in [3.63, 3.8) is 0 Å². The smallest absolute Gasteiger partial charge is 0.262 e. The minimum absolute atomic E-state index is 0.246. The van der Waals surface area contributed by atoms with Crippen molar-refractivity contribution in [2.75, 3.05) is 0 Å². The van der Waals surface area contributed by atoms with Crippen LogP contribution in [-0.2, 0) is 0 Å². The van der Waals surface area contributed by atoms with Crippen LogP contribution in [0.15, 0.2) is 54.0 Å². The minimum atomic E-state index is -0.567. The van der Waals surface area contributed by atoms with Crippen LogP contribution in [0.3, 0.4) is 0 Å². The van der Waals surface area contributed by atoms with Gasteiger partial charge in [0.15, 0.2) is 5.01 Å². The summed E-state index contributed by atoms with van der Waals surface area (Å²) in [6, 6.07) is 10.3. The summed E-state index contributed by atoms with van der Waals surface area (Å²) in [6.07, 6.45) is 2.00. The van der Waals surface area contributed by atoms with Crippen LogP contribution in [0.5, 0.6) is 0 Å². The largest absolute Gasteiger partial charge is 0.360 e. The third kappa shape index (κ3) is 2.98. The average Bonchev–Trinajstić information content (AvgIpc) is 3.48. The Morgan fingerprint density at radius 3 is 2.55 bits per heavy atom. The van der Waals surface area contributed by atoms with E-state index in [0.717, 1.165) is 11.3 Å². The molecule has 1 aliphatic rings. The molecule has 0 radical (unpaired) electrons. The van der Waals surface area contributed by atoms with Gasteiger partial charge in [0.2, 0.25) is 5.78 Å². The second kappa shape index (κ2) is 7.24. The molecule has 154 valence electrons. The molecule has 0 unspecified atom stereocenters. The van der Waals surface area contributed by atoms with Gasteiger partial charge in [-0.3, -0.25) is 19.3 Å². The molecule has 4 aromatic rings. The lowest BCUT2D eigenvalue weighted by Gasteiger charge is -2.23. The lowest BCUT2D eigenvalue weighted by Crippen LogP contribution is -2.34. The summed E-state index contributed by atoms with van der Waals surface area (Å²) in [5.41, 5.74) is 2.17. The van der Waals surface area contributed by atoms with E-state index in [1.54, 1.807) is 35.7 Å². The maximum Gasteiger partial charge on any atom is 0.262 e. The van der Waals surface area contributed by atoms with Crippen molar-refractivity contribution in [3.8, 4) is 0 Å². The van der Waals surface area contributed by atoms with Crippen LogP contribution >= 0.6 is 11.3 Å². The van der Waals surface area contributed by atoms with E-state index >= 15 is 0 Å². The molecule has 31 heavy (non-hydrogen) atoms. The summed E-state index contributed by atoms with van der Waals surface area (Å²) >= 11 is 1.16. The molecule has 2 aromatic carbocycles. The number of hydrogen-bond donors (Lipinski definition) is 1. The first-order valence-electron chi connectivity index (χ1n) is 9.73. The lowest BCUT2D eigenvalue weighted by molar-refractivity contribution is 0.0574. The fourth-order valence-electron chi connectivity index (χ4n) is 3.96. The number of benzene rings is 2. The van der Waals surface area contributed by atoms with Crippen molar-refractivity contribution < 1.29 is 18.8 Å². The molecule has 1 N–H and O–H groups in total. The molecule has 0 fully saturated rings. The standard InChI is InChI=1S/C23H16FN3O3S/c1-2-19(27-22(29)14-5-3-4-6-15(14)23(27)30)18-11-31-21(26-18)20(28)16-10-25-17-9-12(24)7-8-13(16)17/h3-11,19,25H,2H2,1H3/t19-/m0/s1. The fraction of sp³-hybridized carbons (Fsp3) is 0.130. The van der Waals surface area contributed by atoms with Crippen LogP contribution in [0.2, 0.25) is 0 Å². The molecule has 5 rings (SSSR count). The number of carbonyl (C=O) groups is 3. The predicted octanol–water partition coefficient (Wildman–Crippen LogP) is 4.74. The molecule has 0 aliphatic carbocycles. The van der Waals surface area contributed by atoms with Gasteiger partial charge in [-0.05, 0) is 36.8 Å². The van der Waals surface area contributed by atoms with Crippen LogP contribution in [0.25, 0.3) is 10.9 Å². The molecule has 1 atom stereocenters. The Labute approximate surface area is 180 Å². The van der Waals surface area contributed by atoms with Crippen molar-refractivity contribution in [1.29, 1.82) is 0 Å². The molecular weight excluding hydrogens is 417 g/mol. The van der Waals surface area contributed by atoms with E-state index in [2.05, 4.69) is 9.97 Å². The Morgan fingerprint density at radius 2 is 1.87 bits per heavy atom. The molecule has 0 saturated carbocycles. The fourth-order valence-corrected chi connectivity index (χ4v) is 4.78. The Balaban J connectivity index is 1.47. The van der Waals surface area contributed by atoms with E-state index < -0.39 is 11.9 Å². The normalized spacial score (nSPS) is 14.3. The van der Waals surface area contributed by atoms with E-state index in [0.29, 0.717) is 39.7 Å². The number of fused-ring (bicyclic) bond motifs is 2. The molecule has 0 spiro atoms. The van der Waals surface area contributed by atoms with Crippen molar-refractivity contribution in [1.82, 2.24) is 14.9 Å². The van der Waals surface area contributed by atoms with E-state index in [9.17, 15) is 18.8 Å². The van der Waals surface area contributed by atoms with Crippen molar-refractivity contribution in [2.45, 2.75) is 19.4 Å². The van der Waals surface area contributed by atoms with Crippen LogP contribution in [0.1, 0.15) is 61.2 Å². The summed E-state index contributed by atoms with van der Waals surface area (Å²) in [6.45, 7) is 1.86. The number of aromatic amines is 1. The zero-order valence-corrected chi connectivity index (χ0v) is 17.2. The van der Waals surface area contributed by atoms with Crippen LogP contribution in [0.4, 0.5) is 4.39 Å². The van der Waals surface area contributed by atoms with Crippen LogP contribution < -0.4 is 0 Å². The van der Waals surface area contributed by atoms with Gasteiger partial charge < -0.3 is 4.98 Å². The molecule has 1 aliphatic heterocycles. The number of thiazole rings is 1. The van der Waals surface area contributed by atoms with Gasteiger partial charge in [-0.25, -0.2) is 9.37 Å². The predicted molar refractivity (Wildman–Crippen MR) is 114 cm³/mol. The molecule has 2 amide bonds. The number of rotatable bonds is 5. The van der Waals surface area contributed by atoms with Gasteiger partial charge in [0.1, 0.15) is 5.82 Å². The van der Waals surface area contributed by atoms with Gasteiger partial charge in [-0.15, -0.1) is 11.3 Å². The summed E-state index contributed by atoms with van der Waals surface area (Å²) in [5, 5.41) is 2.56. The Bertz CT molecular complexity index is 1340. The highest BCUT2D eigenvalue weighted by molar-refractivity contribution is 7.12. The molecule has 0 saturated heterocycles. The Hall–Kier alpha value is -3.65. The zero-order chi connectivity index (χ0) is 21.7. The quantitative estimate of drug-likeness (QED) is 0.364. The number of H-pyrrole nitrogens is 1. The van der Waals surface area contributed by atoms with Gasteiger partial charge >= 0.3 is 0 Å². The summed E-state index contributed by atoms with van der Waals surface area (Å²) in [5.74, 6) is -1.40. The first kappa shape index (κ1) is 19.3. The highest BCUT2D eigenvalue weighted by atomic mass is 32.1. The van der Waals surface area contributed by atoms with Gasteiger partial charge in [-0.2, -0.15) is 0 Å². The Kier molecular flexibility index (Phi) is 4.51. The van der Waals surface area contributed by atoms with Gasteiger partial charge in [0, 0.05) is 22.5 Å². The highest BCUT2D eigenvalue weighted by Crippen LogP contribution is 2.34. The second-order valence-electron chi connectivity index (χ2n) is 7.25. The summed E-state index contributed by atoms with van der Waals surface area (Å²) < 4.78 is 13.4. The van der Waals surface area contributed by atoms with E-state index in [1.165, 1.54) is 23.2 Å². The number of amides is 2. The Morgan fingerprint density at radius 1 is 1.16 bits per heavy atom. The molecule has 3 heterocycles. The third-order valence-electron chi connectivity index (χ3n) is 5.47. The highest BCUT2D eigenvalue weighted by Gasteiger charge is 2.40. The third-order valence-corrected chi connectivity index (χ3v) is 6.33.